The number of aryl methyl sites for hydroxylation is 1. The Morgan fingerprint density at radius 3 is 2.27 bits per heavy atom. The third-order valence-corrected chi connectivity index (χ3v) is 3.55. The Balaban J connectivity index is 1.64. The van der Waals surface area contributed by atoms with Crippen molar-refractivity contribution in [3.8, 4) is 0 Å². The summed E-state index contributed by atoms with van der Waals surface area (Å²) in [5.41, 5.74) is 3.48. The Kier molecular flexibility index (Phi) is 5.95. The molecule has 0 aliphatic rings. The van der Waals surface area contributed by atoms with E-state index in [-0.39, 0.29) is 11.8 Å². The summed E-state index contributed by atoms with van der Waals surface area (Å²) in [6.45, 7) is 3.20. The van der Waals surface area contributed by atoms with Crippen LogP contribution in [0.3, 0.4) is 0 Å². The second kappa shape index (κ2) is 8.17. The average Bonchev–Trinajstić information content (AvgIpc) is 2.51. The first kappa shape index (κ1) is 16.0. The monoisotopic (exact) mass is 300 g/mol. The van der Waals surface area contributed by atoms with Gasteiger partial charge in [0.2, 0.25) is 0 Å². The quantitative estimate of drug-likeness (QED) is 0.845. The molecule has 0 saturated heterocycles. The van der Waals surface area contributed by atoms with E-state index < -0.39 is 0 Å². The standard InChI is InChI=1S/C18H21FN2O/c1-14-4-2-3-5-16(14)11-13-21-18(22)20-12-10-15-6-8-17(19)9-7-15/h2-9H,10-13H2,1H3,(H2,20,21,22). The van der Waals surface area contributed by atoms with E-state index in [1.54, 1.807) is 12.1 Å². The normalized spacial score (nSPS) is 10.3. The highest BCUT2D eigenvalue weighted by atomic mass is 19.1. The van der Waals surface area contributed by atoms with Gasteiger partial charge in [-0.1, -0.05) is 36.4 Å². The molecule has 2 rings (SSSR count). The summed E-state index contributed by atoms with van der Waals surface area (Å²) >= 11 is 0. The Bertz CT molecular complexity index is 611. The minimum Gasteiger partial charge on any atom is -0.338 e. The lowest BCUT2D eigenvalue weighted by Crippen LogP contribution is -2.37. The van der Waals surface area contributed by atoms with Crippen LogP contribution in [0.2, 0.25) is 0 Å². The van der Waals surface area contributed by atoms with Crippen LogP contribution < -0.4 is 10.6 Å². The van der Waals surface area contributed by atoms with Crippen molar-refractivity contribution in [1.29, 1.82) is 0 Å². The summed E-state index contributed by atoms with van der Waals surface area (Å²) in [6, 6.07) is 14.3. The maximum atomic E-state index is 12.8. The summed E-state index contributed by atoms with van der Waals surface area (Å²) in [4.78, 5) is 11.7. The van der Waals surface area contributed by atoms with Crippen molar-refractivity contribution in [3.05, 3.63) is 71.0 Å². The maximum Gasteiger partial charge on any atom is 0.314 e. The number of nitrogens with one attached hydrogen (secondary N) is 2. The molecule has 0 heterocycles. The molecule has 3 nitrogen and oxygen atoms in total. The van der Waals surface area contributed by atoms with E-state index in [0.717, 1.165) is 12.0 Å². The summed E-state index contributed by atoms with van der Waals surface area (Å²) in [5.74, 6) is -0.245. The largest absolute Gasteiger partial charge is 0.338 e. The van der Waals surface area contributed by atoms with E-state index in [4.69, 9.17) is 0 Å². The zero-order valence-electron chi connectivity index (χ0n) is 12.7. The van der Waals surface area contributed by atoms with E-state index in [9.17, 15) is 9.18 Å². The minimum atomic E-state index is -0.245. The van der Waals surface area contributed by atoms with Crippen LogP contribution in [0.5, 0.6) is 0 Å². The smallest absolute Gasteiger partial charge is 0.314 e. The molecule has 0 bridgehead atoms. The second-order valence-corrected chi connectivity index (χ2v) is 5.24. The zero-order valence-corrected chi connectivity index (χ0v) is 12.7. The van der Waals surface area contributed by atoms with Crippen molar-refractivity contribution < 1.29 is 9.18 Å². The molecule has 0 aromatic heterocycles. The van der Waals surface area contributed by atoms with Crippen molar-refractivity contribution >= 4 is 6.03 Å². The number of hydrogen-bond acceptors (Lipinski definition) is 1. The number of hydrogen-bond donors (Lipinski definition) is 2. The number of halogens is 1. The molecule has 2 aromatic carbocycles. The second-order valence-electron chi connectivity index (χ2n) is 5.24. The van der Waals surface area contributed by atoms with Crippen molar-refractivity contribution in [1.82, 2.24) is 10.6 Å². The van der Waals surface area contributed by atoms with Gasteiger partial charge in [0.1, 0.15) is 5.82 Å². The van der Waals surface area contributed by atoms with Crippen LogP contribution in [0, 0.1) is 12.7 Å². The van der Waals surface area contributed by atoms with Gasteiger partial charge >= 0.3 is 6.03 Å². The van der Waals surface area contributed by atoms with Crippen molar-refractivity contribution in [2.75, 3.05) is 13.1 Å². The summed E-state index contributed by atoms with van der Waals surface area (Å²) in [5, 5.41) is 5.65. The Morgan fingerprint density at radius 2 is 1.59 bits per heavy atom. The van der Waals surface area contributed by atoms with Gasteiger partial charge in [0.05, 0.1) is 0 Å². The van der Waals surface area contributed by atoms with Gasteiger partial charge < -0.3 is 10.6 Å². The molecule has 0 fully saturated rings. The predicted molar refractivity (Wildman–Crippen MR) is 86.4 cm³/mol. The number of carbonyl (C=O) groups is 1. The van der Waals surface area contributed by atoms with Gasteiger partial charge in [-0.2, -0.15) is 0 Å². The summed E-state index contributed by atoms with van der Waals surface area (Å²) in [7, 11) is 0. The molecule has 0 aliphatic heterocycles. The SMILES string of the molecule is Cc1ccccc1CCNC(=O)NCCc1ccc(F)cc1. The van der Waals surface area contributed by atoms with Crippen molar-refractivity contribution in [3.63, 3.8) is 0 Å². The molecule has 116 valence electrons. The fraction of sp³-hybridized carbons (Fsp3) is 0.278. The molecule has 0 spiro atoms. The highest BCUT2D eigenvalue weighted by molar-refractivity contribution is 5.73. The third kappa shape index (κ3) is 5.20. The van der Waals surface area contributed by atoms with E-state index in [1.165, 1.54) is 23.3 Å². The van der Waals surface area contributed by atoms with Gasteiger partial charge in [-0.15, -0.1) is 0 Å². The zero-order chi connectivity index (χ0) is 15.8. The third-order valence-electron chi connectivity index (χ3n) is 3.55. The molecule has 0 saturated carbocycles. The predicted octanol–water partition coefficient (Wildman–Crippen LogP) is 3.22. The van der Waals surface area contributed by atoms with Gasteiger partial charge in [0, 0.05) is 13.1 Å². The van der Waals surface area contributed by atoms with Gasteiger partial charge in [-0.3, -0.25) is 0 Å². The molecule has 2 aromatic rings. The van der Waals surface area contributed by atoms with E-state index in [2.05, 4.69) is 29.7 Å². The molecule has 22 heavy (non-hydrogen) atoms. The molecule has 4 heteroatoms. The van der Waals surface area contributed by atoms with Crippen LogP contribution in [-0.2, 0) is 12.8 Å². The van der Waals surface area contributed by atoms with Gasteiger partial charge in [0.15, 0.2) is 0 Å². The molecule has 0 unspecified atom stereocenters. The molecular weight excluding hydrogens is 279 g/mol. The van der Waals surface area contributed by atoms with Gasteiger partial charge in [-0.05, 0) is 48.6 Å². The Morgan fingerprint density at radius 1 is 0.955 bits per heavy atom. The maximum absolute atomic E-state index is 12.8. The highest BCUT2D eigenvalue weighted by Gasteiger charge is 2.01. The van der Waals surface area contributed by atoms with Crippen LogP contribution in [-0.4, -0.2) is 19.1 Å². The van der Waals surface area contributed by atoms with Crippen molar-refractivity contribution in [2.45, 2.75) is 19.8 Å². The molecule has 0 aliphatic carbocycles. The van der Waals surface area contributed by atoms with Crippen LogP contribution in [0.1, 0.15) is 16.7 Å². The van der Waals surface area contributed by atoms with Crippen molar-refractivity contribution in [2.24, 2.45) is 0 Å². The molecule has 2 N–H and O–H groups in total. The topological polar surface area (TPSA) is 41.1 Å². The summed E-state index contributed by atoms with van der Waals surface area (Å²) in [6.07, 6.45) is 1.50. The van der Waals surface area contributed by atoms with Crippen LogP contribution in [0.4, 0.5) is 9.18 Å². The summed E-state index contributed by atoms with van der Waals surface area (Å²) < 4.78 is 12.8. The molecule has 0 atom stereocenters. The molecule has 2 amide bonds. The minimum absolute atomic E-state index is 0.171. The highest BCUT2D eigenvalue weighted by Crippen LogP contribution is 2.06. The van der Waals surface area contributed by atoms with Crippen LogP contribution >= 0.6 is 0 Å². The van der Waals surface area contributed by atoms with E-state index >= 15 is 0 Å². The number of carbonyl (C=O) groups excluding carboxylic acids is 1. The fourth-order valence-electron chi connectivity index (χ4n) is 2.24. The van der Waals surface area contributed by atoms with Crippen LogP contribution in [0.15, 0.2) is 48.5 Å². The lowest BCUT2D eigenvalue weighted by molar-refractivity contribution is 0.241. The van der Waals surface area contributed by atoms with Gasteiger partial charge in [0.25, 0.3) is 0 Å². The fourth-order valence-corrected chi connectivity index (χ4v) is 2.24. The van der Waals surface area contributed by atoms with Crippen LogP contribution in [0.25, 0.3) is 0 Å². The average molecular weight is 300 g/mol. The Hall–Kier alpha value is -2.36. The number of amides is 2. The van der Waals surface area contributed by atoms with E-state index in [0.29, 0.717) is 19.5 Å². The number of urea groups is 1. The molecular formula is C18H21FN2O. The Labute approximate surface area is 130 Å². The number of rotatable bonds is 6. The first-order chi connectivity index (χ1) is 10.6. The van der Waals surface area contributed by atoms with E-state index in [1.807, 2.05) is 12.1 Å². The van der Waals surface area contributed by atoms with Gasteiger partial charge in [-0.25, -0.2) is 9.18 Å². The number of benzene rings is 2. The lowest BCUT2D eigenvalue weighted by Gasteiger charge is -2.09. The molecule has 0 radical (unpaired) electrons. The first-order valence-electron chi connectivity index (χ1n) is 7.46. The lowest BCUT2D eigenvalue weighted by atomic mass is 10.1. The first-order valence-corrected chi connectivity index (χ1v) is 7.46.